The standard InChI is InChI=1S/C19H27NO7/c1-5-7-25-19(23)20-6-8-24-12-17(22)27-18-13(2)9-16(10-14(18)3)11-26-15(4)21/h9-10H,5-8,11-12H2,1-4H3,(H,20,23). The van der Waals surface area contributed by atoms with Crippen LogP contribution in [0.5, 0.6) is 5.75 Å². The molecule has 0 bridgehead atoms. The zero-order valence-electron chi connectivity index (χ0n) is 16.3. The van der Waals surface area contributed by atoms with Crippen molar-refractivity contribution < 1.29 is 33.3 Å². The summed E-state index contributed by atoms with van der Waals surface area (Å²) in [4.78, 5) is 34.0. The van der Waals surface area contributed by atoms with Gasteiger partial charge in [-0.1, -0.05) is 6.92 Å². The molecule has 0 heterocycles. The number of rotatable bonds is 10. The molecule has 1 aromatic carbocycles. The number of hydrogen-bond acceptors (Lipinski definition) is 7. The molecule has 0 aliphatic heterocycles. The van der Waals surface area contributed by atoms with Crippen molar-refractivity contribution in [2.24, 2.45) is 0 Å². The minimum Gasteiger partial charge on any atom is -0.461 e. The summed E-state index contributed by atoms with van der Waals surface area (Å²) in [5.74, 6) is -0.440. The number of aryl methyl sites for hydroxylation is 2. The van der Waals surface area contributed by atoms with Crippen LogP contribution in [0.15, 0.2) is 12.1 Å². The van der Waals surface area contributed by atoms with Crippen molar-refractivity contribution >= 4 is 18.0 Å². The lowest BCUT2D eigenvalue weighted by Gasteiger charge is -2.13. The lowest BCUT2D eigenvalue weighted by atomic mass is 10.1. The number of nitrogens with one attached hydrogen (secondary N) is 1. The Morgan fingerprint density at radius 1 is 1.04 bits per heavy atom. The Kier molecular flexibility index (Phi) is 9.89. The van der Waals surface area contributed by atoms with E-state index in [2.05, 4.69) is 5.32 Å². The average molecular weight is 381 g/mol. The molecule has 0 fully saturated rings. The van der Waals surface area contributed by atoms with Gasteiger partial charge in [0.25, 0.3) is 0 Å². The lowest BCUT2D eigenvalue weighted by Crippen LogP contribution is -2.29. The topological polar surface area (TPSA) is 100 Å². The summed E-state index contributed by atoms with van der Waals surface area (Å²) in [6, 6.07) is 3.59. The van der Waals surface area contributed by atoms with E-state index in [1.54, 1.807) is 26.0 Å². The second kappa shape index (κ2) is 11.9. The molecule has 1 rings (SSSR count). The summed E-state index contributed by atoms with van der Waals surface area (Å²) in [6.07, 6.45) is 0.238. The summed E-state index contributed by atoms with van der Waals surface area (Å²) in [6.45, 7) is 7.55. The van der Waals surface area contributed by atoms with Crippen LogP contribution < -0.4 is 10.1 Å². The van der Waals surface area contributed by atoms with E-state index in [1.165, 1.54) is 6.92 Å². The van der Waals surface area contributed by atoms with Crippen LogP contribution in [-0.4, -0.2) is 44.4 Å². The van der Waals surface area contributed by atoms with E-state index in [0.717, 1.165) is 23.1 Å². The largest absolute Gasteiger partial charge is 0.461 e. The van der Waals surface area contributed by atoms with Gasteiger partial charge in [-0.05, 0) is 49.1 Å². The first-order valence-corrected chi connectivity index (χ1v) is 8.76. The molecule has 0 aromatic heterocycles. The van der Waals surface area contributed by atoms with Gasteiger partial charge in [0.2, 0.25) is 0 Å². The van der Waals surface area contributed by atoms with Crippen LogP contribution in [0.2, 0.25) is 0 Å². The molecule has 0 atom stereocenters. The van der Waals surface area contributed by atoms with Crippen molar-refractivity contribution in [2.45, 2.75) is 40.7 Å². The predicted octanol–water partition coefficient (Wildman–Crippen LogP) is 2.42. The predicted molar refractivity (Wildman–Crippen MR) is 97.5 cm³/mol. The van der Waals surface area contributed by atoms with Crippen molar-refractivity contribution in [1.82, 2.24) is 5.32 Å². The van der Waals surface area contributed by atoms with Gasteiger partial charge in [0, 0.05) is 13.5 Å². The van der Waals surface area contributed by atoms with Crippen LogP contribution >= 0.6 is 0 Å². The van der Waals surface area contributed by atoms with Gasteiger partial charge in [0.1, 0.15) is 19.0 Å². The van der Waals surface area contributed by atoms with Gasteiger partial charge in [-0.25, -0.2) is 9.59 Å². The van der Waals surface area contributed by atoms with Crippen LogP contribution in [0.25, 0.3) is 0 Å². The second-order valence-electron chi connectivity index (χ2n) is 5.93. The van der Waals surface area contributed by atoms with Gasteiger partial charge >= 0.3 is 18.0 Å². The molecule has 0 unspecified atom stereocenters. The summed E-state index contributed by atoms with van der Waals surface area (Å²) >= 11 is 0. The van der Waals surface area contributed by atoms with Gasteiger partial charge in [-0.2, -0.15) is 0 Å². The number of carbonyl (C=O) groups is 3. The summed E-state index contributed by atoms with van der Waals surface area (Å²) in [5, 5.41) is 2.51. The fourth-order valence-corrected chi connectivity index (χ4v) is 2.24. The van der Waals surface area contributed by atoms with E-state index < -0.39 is 12.1 Å². The van der Waals surface area contributed by atoms with E-state index in [0.29, 0.717) is 12.4 Å². The quantitative estimate of drug-likeness (QED) is 0.377. The minimum atomic E-state index is -0.539. The molecular weight excluding hydrogens is 354 g/mol. The van der Waals surface area contributed by atoms with Crippen molar-refractivity contribution in [3.63, 3.8) is 0 Å². The number of alkyl carbamates (subject to hydrolysis) is 1. The molecule has 0 spiro atoms. The lowest BCUT2D eigenvalue weighted by molar-refractivity contribution is -0.142. The Hall–Kier alpha value is -2.61. The molecule has 0 aliphatic rings. The fourth-order valence-electron chi connectivity index (χ4n) is 2.24. The monoisotopic (exact) mass is 381 g/mol. The Morgan fingerprint density at radius 3 is 2.30 bits per heavy atom. The first-order chi connectivity index (χ1) is 12.8. The summed E-state index contributed by atoms with van der Waals surface area (Å²) in [7, 11) is 0. The normalized spacial score (nSPS) is 10.2. The number of benzene rings is 1. The van der Waals surface area contributed by atoms with Crippen molar-refractivity contribution in [3.05, 3.63) is 28.8 Å². The van der Waals surface area contributed by atoms with E-state index in [-0.39, 0.29) is 32.3 Å². The third kappa shape index (κ3) is 9.05. The highest BCUT2D eigenvalue weighted by molar-refractivity contribution is 5.74. The molecule has 1 N–H and O–H groups in total. The highest BCUT2D eigenvalue weighted by atomic mass is 16.6. The van der Waals surface area contributed by atoms with Gasteiger partial charge in [0.05, 0.1) is 13.2 Å². The number of esters is 2. The molecule has 0 aliphatic carbocycles. The maximum atomic E-state index is 11.9. The highest BCUT2D eigenvalue weighted by Gasteiger charge is 2.12. The first kappa shape index (κ1) is 22.4. The van der Waals surface area contributed by atoms with E-state index >= 15 is 0 Å². The smallest absolute Gasteiger partial charge is 0.407 e. The maximum Gasteiger partial charge on any atom is 0.407 e. The van der Waals surface area contributed by atoms with E-state index in [1.807, 2.05) is 6.92 Å². The molecule has 0 saturated heterocycles. The van der Waals surface area contributed by atoms with Crippen LogP contribution in [0.1, 0.15) is 37.0 Å². The minimum absolute atomic E-state index is 0.162. The van der Waals surface area contributed by atoms with Gasteiger partial charge in [-0.3, -0.25) is 4.79 Å². The average Bonchev–Trinajstić information content (AvgIpc) is 2.61. The molecule has 0 radical (unpaired) electrons. The van der Waals surface area contributed by atoms with Crippen LogP contribution in [0.3, 0.4) is 0 Å². The van der Waals surface area contributed by atoms with Gasteiger partial charge < -0.3 is 24.3 Å². The molecule has 1 amide bonds. The van der Waals surface area contributed by atoms with E-state index in [9.17, 15) is 14.4 Å². The van der Waals surface area contributed by atoms with Gasteiger partial charge in [-0.15, -0.1) is 0 Å². The maximum absolute atomic E-state index is 11.9. The number of carbonyl (C=O) groups excluding carboxylic acids is 3. The SMILES string of the molecule is CCCOC(=O)NCCOCC(=O)Oc1c(C)cc(COC(C)=O)cc1C. The van der Waals surface area contributed by atoms with E-state index in [4.69, 9.17) is 18.9 Å². The number of ether oxygens (including phenoxy) is 4. The Balaban J connectivity index is 2.39. The van der Waals surface area contributed by atoms with Crippen LogP contribution in [0, 0.1) is 13.8 Å². The third-order valence-electron chi connectivity index (χ3n) is 3.35. The Labute approximate surface area is 159 Å². The molecule has 27 heavy (non-hydrogen) atoms. The van der Waals surface area contributed by atoms with Crippen molar-refractivity contribution in [3.8, 4) is 5.75 Å². The second-order valence-corrected chi connectivity index (χ2v) is 5.93. The summed E-state index contributed by atoms with van der Waals surface area (Å²) < 4.78 is 20.3. The third-order valence-corrected chi connectivity index (χ3v) is 3.35. The number of hydrogen-bond donors (Lipinski definition) is 1. The van der Waals surface area contributed by atoms with Crippen molar-refractivity contribution in [1.29, 1.82) is 0 Å². The first-order valence-electron chi connectivity index (χ1n) is 8.76. The highest BCUT2D eigenvalue weighted by Crippen LogP contribution is 2.25. The van der Waals surface area contributed by atoms with Gasteiger partial charge in [0.15, 0.2) is 0 Å². The Morgan fingerprint density at radius 2 is 1.70 bits per heavy atom. The van der Waals surface area contributed by atoms with Crippen molar-refractivity contribution in [2.75, 3.05) is 26.4 Å². The molecule has 8 nitrogen and oxygen atoms in total. The summed E-state index contributed by atoms with van der Waals surface area (Å²) in [5.41, 5.74) is 2.33. The molecule has 1 aromatic rings. The Bertz CT molecular complexity index is 634. The zero-order chi connectivity index (χ0) is 20.2. The van der Waals surface area contributed by atoms with Crippen LogP contribution in [0.4, 0.5) is 4.79 Å². The van der Waals surface area contributed by atoms with Crippen LogP contribution in [-0.2, 0) is 30.4 Å². The fraction of sp³-hybridized carbons (Fsp3) is 0.526. The molecule has 150 valence electrons. The molecule has 0 saturated carbocycles. The molecule has 8 heteroatoms. The zero-order valence-corrected chi connectivity index (χ0v) is 16.3. The number of amides is 1. The molecular formula is C19H27NO7.